The molecule has 226 valence electrons. The van der Waals surface area contributed by atoms with E-state index in [1.54, 1.807) is 29.2 Å². The monoisotopic (exact) mass is 613 g/mol. The molecular formula is C27H28ClN7O8. The minimum atomic E-state index is -2.40. The van der Waals surface area contributed by atoms with Crippen molar-refractivity contribution in [3.8, 4) is 12.3 Å². The van der Waals surface area contributed by atoms with Crippen LogP contribution < -0.4 is 16.0 Å². The number of aliphatic hydroxyl groups excluding tert-OH is 1. The predicted octanol–water partition coefficient (Wildman–Crippen LogP) is 0.276. The maximum Gasteiger partial charge on any atom is 0.344 e. The largest absolute Gasteiger partial charge is 0.479 e. The van der Waals surface area contributed by atoms with Crippen LogP contribution in [0, 0.1) is 12.3 Å². The normalized spacial score (nSPS) is 25.2. The van der Waals surface area contributed by atoms with Crippen LogP contribution in [0.5, 0.6) is 0 Å². The minimum absolute atomic E-state index is 0.0340. The number of fused-ring (bicyclic) bond motifs is 1. The fraction of sp³-hybridized carbons (Fsp3) is 0.407. The Bertz CT molecular complexity index is 1610. The van der Waals surface area contributed by atoms with Crippen molar-refractivity contribution in [2.45, 2.75) is 49.4 Å². The smallest absolute Gasteiger partial charge is 0.344 e. The van der Waals surface area contributed by atoms with Crippen LogP contribution in [0.1, 0.15) is 25.1 Å². The number of nitrogens with two attached hydrogens (primary N) is 1. The number of nitrogen functional groups attached to an aromatic ring is 1. The molecule has 4 heterocycles. The van der Waals surface area contributed by atoms with Gasteiger partial charge < -0.3 is 35.8 Å². The number of nitrogens with zero attached hydrogens (tertiary/aromatic N) is 5. The Morgan fingerprint density at radius 3 is 2.70 bits per heavy atom. The number of urea groups is 1. The molecule has 0 spiro atoms. The Hall–Kier alpha value is -4.33. The molecule has 2 aliphatic rings. The van der Waals surface area contributed by atoms with Crippen molar-refractivity contribution in [2.24, 2.45) is 0 Å². The van der Waals surface area contributed by atoms with Crippen LogP contribution in [0.4, 0.5) is 16.3 Å². The summed E-state index contributed by atoms with van der Waals surface area (Å²) in [6, 6.07) is 6.22. The topological polar surface area (TPSA) is 215 Å². The van der Waals surface area contributed by atoms with Gasteiger partial charge in [-0.2, -0.15) is 9.97 Å². The molecule has 16 heteroatoms. The number of rotatable bonds is 9. The summed E-state index contributed by atoms with van der Waals surface area (Å²) in [7, 11) is 0. The second-order valence-corrected chi connectivity index (χ2v) is 10.5. The SMILES string of the molecule is C#C[C@@]1(O)[C@@H](CO[C@@](Cc2ccc(N3CCCNC3=O)cc2)(C(C)=O)C(=O)O)O[C@@H](n2cnc3c(N)nc(Cl)nc32)[C@@H]1O. The van der Waals surface area contributed by atoms with E-state index in [0.717, 1.165) is 13.3 Å². The molecule has 2 fully saturated rings. The lowest BCUT2D eigenvalue weighted by Gasteiger charge is -2.31. The van der Waals surface area contributed by atoms with Gasteiger partial charge in [0.25, 0.3) is 0 Å². The Kier molecular flexibility index (Phi) is 7.99. The van der Waals surface area contributed by atoms with Crippen molar-refractivity contribution in [2.75, 3.05) is 30.3 Å². The van der Waals surface area contributed by atoms with E-state index in [9.17, 15) is 29.7 Å². The van der Waals surface area contributed by atoms with E-state index in [2.05, 4.69) is 26.2 Å². The first-order valence-corrected chi connectivity index (χ1v) is 13.5. The highest BCUT2D eigenvalue weighted by atomic mass is 35.5. The minimum Gasteiger partial charge on any atom is -0.479 e. The van der Waals surface area contributed by atoms with Crippen LogP contribution in [0.25, 0.3) is 11.2 Å². The number of imidazole rings is 1. The highest BCUT2D eigenvalue weighted by molar-refractivity contribution is 6.28. The molecule has 1 aromatic carbocycles. The van der Waals surface area contributed by atoms with Crippen LogP contribution >= 0.6 is 11.6 Å². The number of carboxylic acids is 1. The number of aliphatic carboxylic acids is 1. The maximum atomic E-state index is 12.8. The number of anilines is 2. The molecule has 6 N–H and O–H groups in total. The number of carboxylic acid groups (broad SMARTS) is 1. The second kappa shape index (κ2) is 11.4. The van der Waals surface area contributed by atoms with Gasteiger partial charge in [-0.25, -0.2) is 14.6 Å². The number of amides is 2. The summed E-state index contributed by atoms with van der Waals surface area (Å²) >= 11 is 5.93. The van der Waals surface area contributed by atoms with E-state index in [-0.39, 0.29) is 28.3 Å². The molecule has 0 aliphatic carbocycles. The molecule has 3 aromatic rings. The van der Waals surface area contributed by atoms with Crippen LogP contribution in [0.3, 0.4) is 0 Å². The van der Waals surface area contributed by atoms with Gasteiger partial charge in [0.2, 0.25) is 10.9 Å². The molecule has 0 unspecified atom stereocenters. The molecule has 5 atom stereocenters. The summed E-state index contributed by atoms with van der Waals surface area (Å²) in [6.07, 6.45) is 2.56. The molecule has 15 nitrogen and oxygen atoms in total. The average molecular weight is 614 g/mol. The molecule has 5 rings (SSSR count). The quantitative estimate of drug-likeness (QED) is 0.125. The summed E-state index contributed by atoms with van der Waals surface area (Å²) in [4.78, 5) is 51.1. The Morgan fingerprint density at radius 2 is 2.07 bits per heavy atom. The van der Waals surface area contributed by atoms with Crippen molar-refractivity contribution >= 4 is 52.1 Å². The van der Waals surface area contributed by atoms with Crippen molar-refractivity contribution < 1.29 is 39.2 Å². The number of nitrogens with one attached hydrogen (secondary N) is 1. The van der Waals surface area contributed by atoms with E-state index in [1.807, 2.05) is 0 Å². The highest BCUT2D eigenvalue weighted by Crippen LogP contribution is 2.39. The number of Topliss-reactive ketones (excluding diaryl/α,β-unsaturated/α-hetero) is 1. The lowest BCUT2D eigenvalue weighted by atomic mass is 9.89. The second-order valence-electron chi connectivity index (χ2n) is 10.2. The lowest BCUT2D eigenvalue weighted by molar-refractivity contribution is -0.180. The Balaban J connectivity index is 1.39. The van der Waals surface area contributed by atoms with Crippen molar-refractivity contribution in [3.05, 3.63) is 41.4 Å². The zero-order chi connectivity index (χ0) is 31.1. The number of aliphatic hydroxyl groups is 2. The van der Waals surface area contributed by atoms with Gasteiger partial charge in [-0.15, -0.1) is 6.42 Å². The van der Waals surface area contributed by atoms with Crippen molar-refractivity contribution in [3.63, 3.8) is 0 Å². The van der Waals surface area contributed by atoms with Crippen LogP contribution in [0.15, 0.2) is 30.6 Å². The molecule has 0 saturated carbocycles. The number of carbonyl (C=O) groups excluding carboxylic acids is 2. The predicted molar refractivity (Wildman–Crippen MR) is 151 cm³/mol. The van der Waals surface area contributed by atoms with Gasteiger partial charge in [0.05, 0.1) is 12.9 Å². The summed E-state index contributed by atoms with van der Waals surface area (Å²) in [5.41, 5.74) is 2.34. The van der Waals surface area contributed by atoms with E-state index >= 15 is 0 Å². The fourth-order valence-corrected chi connectivity index (χ4v) is 5.32. The molecule has 0 bridgehead atoms. The molecule has 2 saturated heterocycles. The Morgan fingerprint density at radius 1 is 1.35 bits per heavy atom. The third-order valence-corrected chi connectivity index (χ3v) is 7.79. The highest BCUT2D eigenvalue weighted by Gasteiger charge is 2.57. The summed E-state index contributed by atoms with van der Waals surface area (Å²) in [6.45, 7) is 1.47. The number of hydrogen-bond donors (Lipinski definition) is 5. The van der Waals surface area contributed by atoms with Crippen LogP contribution in [-0.2, 0) is 25.5 Å². The number of ketones is 1. The van der Waals surface area contributed by atoms with Crippen molar-refractivity contribution in [1.82, 2.24) is 24.8 Å². The zero-order valence-electron chi connectivity index (χ0n) is 22.8. The van der Waals surface area contributed by atoms with E-state index in [0.29, 0.717) is 24.3 Å². The number of ether oxygens (including phenoxy) is 2. The number of carbonyl (C=O) groups is 3. The van der Waals surface area contributed by atoms with Crippen molar-refractivity contribution in [1.29, 1.82) is 0 Å². The zero-order valence-corrected chi connectivity index (χ0v) is 23.6. The van der Waals surface area contributed by atoms with E-state index in [4.69, 9.17) is 33.2 Å². The first-order chi connectivity index (χ1) is 20.4. The molecule has 2 amide bonds. The first-order valence-electron chi connectivity index (χ1n) is 13.1. The van der Waals surface area contributed by atoms with Gasteiger partial charge in [0.15, 0.2) is 29.1 Å². The van der Waals surface area contributed by atoms with Crippen LogP contribution in [-0.4, -0.2) is 95.7 Å². The third kappa shape index (κ3) is 5.24. The van der Waals surface area contributed by atoms with E-state index < -0.39 is 54.4 Å². The van der Waals surface area contributed by atoms with Gasteiger partial charge >= 0.3 is 12.0 Å². The average Bonchev–Trinajstić information content (AvgIpc) is 3.50. The molecule has 2 aliphatic heterocycles. The maximum absolute atomic E-state index is 12.8. The van der Waals surface area contributed by atoms with Gasteiger partial charge in [0.1, 0.15) is 17.7 Å². The van der Waals surface area contributed by atoms with E-state index in [1.165, 1.54) is 10.9 Å². The molecular weight excluding hydrogens is 586 g/mol. The standard InChI is InChI=1S/C27H28ClN7O8/c1-3-26(41)17(43-22(19(26)37)35-13-31-18-20(29)32-24(28)33-21(18)35)12-42-27(14(2)36,23(38)39)11-15-5-7-16(8-6-15)34-10-4-9-30-25(34)40/h1,5-8,13,17,19,22,37,41H,4,9-12H2,2H3,(H,30,40)(H,38,39)(H2,29,32,33)/t17-,19+,22-,26-,27+/m1/s1. The summed E-state index contributed by atoms with van der Waals surface area (Å²) in [5.74, 6) is -0.346. The van der Waals surface area contributed by atoms with Crippen LogP contribution in [0.2, 0.25) is 5.28 Å². The summed E-state index contributed by atoms with van der Waals surface area (Å²) in [5, 5.41) is 35.0. The van der Waals surface area contributed by atoms with Gasteiger partial charge in [0, 0.05) is 25.2 Å². The summed E-state index contributed by atoms with van der Waals surface area (Å²) < 4.78 is 12.9. The lowest BCUT2D eigenvalue weighted by Crippen LogP contribution is -2.54. The fourth-order valence-electron chi connectivity index (χ4n) is 5.15. The number of aromatic nitrogens is 4. The number of halogens is 1. The molecule has 2 aromatic heterocycles. The third-order valence-electron chi connectivity index (χ3n) is 7.62. The Labute approximate surface area is 249 Å². The van der Waals surface area contributed by atoms with Gasteiger partial charge in [-0.05, 0) is 42.6 Å². The first kappa shape index (κ1) is 30.1. The molecule has 0 radical (unpaired) electrons. The number of terminal acetylenes is 1. The number of benzene rings is 1. The van der Waals surface area contributed by atoms with Gasteiger partial charge in [-0.1, -0.05) is 18.1 Å². The number of hydrogen-bond acceptors (Lipinski definition) is 11. The van der Waals surface area contributed by atoms with Gasteiger partial charge in [-0.3, -0.25) is 14.3 Å². The molecule has 43 heavy (non-hydrogen) atoms.